The van der Waals surface area contributed by atoms with Gasteiger partial charge in [0.15, 0.2) is 6.29 Å². The number of phenols is 1. The Labute approximate surface area is 159 Å². The number of piperidine rings is 1. The number of hydrogen-bond donors (Lipinski definition) is 2. The first kappa shape index (κ1) is 17.6. The van der Waals surface area contributed by atoms with Gasteiger partial charge in [-0.25, -0.2) is 0 Å². The van der Waals surface area contributed by atoms with Crippen molar-refractivity contribution in [3.05, 3.63) is 71.8 Å². The van der Waals surface area contributed by atoms with Gasteiger partial charge in [0, 0.05) is 31.4 Å². The van der Waals surface area contributed by atoms with Crippen LogP contribution in [0.4, 0.5) is 5.69 Å². The SMILES string of the molecule is O=Cc1c(O)ccc2cc(N3CCC(NCc4ccccc4)CC3)ccc12. The molecule has 0 aromatic heterocycles. The minimum Gasteiger partial charge on any atom is -0.507 e. The number of nitrogens with one attached hydrogen (secondary N) is 1. The monoisotopic (exact) mass is 360 g/mol. The second kappa shape index (κ2) is 7.80. The molecule has 0 bridgehead atoms. The lowest BCUT2D eigenvalue weighted by Gasteiger charge is -2.34. The van der Waals surface area contributed by atoms with Gasteiger partial charge in [0.2, 0.25) is 0 Å². The highest BCUT2D eigenvalue weighted by Crippen LogP contribution is 2.30. The first-order chi connectivity index (χ1) is 13.2. The summed E-state index contributed by atoms with van der Waals surface area (Å²) in [6, 6.07) is 20.6. The molecule has 4 heteroatoms. The number of anilines is 1. The van der Waals surface area contributed by atoms with E-state index in [2.05, 4.69) is 40.5 Å². The first-order valence-electron chi connectivity index (χ1n) is 9.48. The first-order valence-corrected chi connectivity index (χ1v) is 9.48. The van der Waals surface area contributed by atoms with Crippen LogP contribution in [-0.2, 0) is 6.54 Å². The maximum atomic E-state index is 11.3. The number of rotatable bonds is 5. The number of aromatic hydroxyl groups is 1. The Balaban J connectivity index is 1.40. The number of fused-ring (bicyclic) bond motifs is 1. The van der Waals surface area contributed by atoms with Crippen molar-refractivity contribution in [3.8, 4) is 5.75 Å². The molecule has 0 amide bonds. The maximum absolute atomic E-state index is 11.3. The predicted octanol–water partition coefficient (Wildman–Crippen LogP) is 4.12. The van der Waals surface area contributed by atoms with Gasteiger partial charge >= 0.3 is 0 Å². The van der Waals surface area contributed by atoms with Crippen molar-refractivity contribution in [1.82, 2.24) is 5.32 Å². The van der Waals surface area contributed by atoms with Crippen LogP contribution in [0, 0.1) is 0 Å². The molecule has 0 spiro atoms. The number of hydrogen-bond acceptors (Lipinski definition) is 4. The van der Waals surface area contributed by atoms with Gasteiger partial charge < -0.3 is 15.3 Å². The molecule has 0 unspecified atom stereocenters. The third-order valence-corrected chi connectivity index (χ3v) is 5.44. The predicted molar refractivity (Wildman–Crippen MR) is 110 cm³/mol. The summed E-state index contributed by atoms with van der Waals surface area (Å²) < 4.78 is 0. The van der Waals surface area contributed by atoms with Crippen LogP contribution in [-0.4, -0.2) is 30.5 Å². The molecule has 4 rings (SSSR count). The topological polar surface area (TPSA) is 52.6 Å². The van der Waals surface area contributed by atoms with E-state index in [1.807, 2.05) is 24.3 Å². The van der Waals surface area contributed by atoms with Crippen LogP contribution in [0.5, 0.6) is 5.75 Å². The van der Waals surface area contributed by atoms with E-state index >= 15 is 0 Å². The summed E-state index contributed by atoms with van der Waals surface area (Å²) in [6.45, 7) is 2.94. The van der Waals surface area contributed by atoms with Crippen LogP contribution in [0.25, 0.3) is 10.8 Å². The number of carbonyl (C=O) groups is 1. The van der Waals surface area contributed by atoms with E-state index in [0.29, 0.717) is 11.6 Å². The number of nitrogens with zero attached hydrogens (tertiary/aromatic N) is 1. The lowest BCUT2D eigenvalue weighted by atomic mass is 10.0. The van der Waals surface area contributed by atoms with Crippen molar-refractivity contribution < 1.29 is 9.90 Å². The van der Waals surface area contributed by atoms with Crippen LogP contribution in [0.15, 0.2) is 60.7 Å². The minimum atomic E-state index is 0.0376. The summed E-state index contributed by atoms with van der Waals surface area (Å²) in [5.41, 5.74) is 2.86. The van der Waals surface area contributed by atoms with Crippen LogP contribution in [0.1, 0.15) is 28.8 Å². The molecule has 1 aliphatic heterocycles. The molecule has 0 radical (unpaired) electrons. The molecule has 3 aromatic carbocycles. The summed E-state index contributed by atoms with van der Waals surface area (Å²) in [5.74, 6) is 0.0376. The smallest absolute Gasteiger partial charge is 0.154 e. The van der Waals surface area contributed by atoms with Crippen LogP contribution in [0.3, 0.4) is 0 Å². The maximum Gasteiger partial charge on any atom is 0.154 e. The molecule has 0 atom stereocenters. The summed E-state index contributed by atoms with van der Waals surface area (Å²) in [4.78, 5) is 13.6. The highest BCUT2D eigenvalue weighted by Gasteiger charge is 2.19. The molecule has 138 valence electrons. The fourth-order valence-electron chi connectivity index (χ4n) is 3.85. The average molecular weight is 360 g/mol. The number of aldehydes is 1. The number of phenolic OH excluding ortho intramolecular Hbond substituents is 1. The Bertz CT molecular complexity index is 932. The van der Waals surface area contributed by atoms with E-state index in [-0.39, 0.29) is 5.75 Å². The zero-order valence-corrected chi connectivity index (χ0v) is 15.3. The van der Waals surface area contributed by atoms with E-state index in [1.165, 1.54) is 11.3 Å². The van der Waals surface area contributed by atoms with Gasteiger partial charge in [-0.3, -0.25) is 4.79 Å². The lowest BCUT2D eigenvalue weighted by molar-refractivity contribution is 0.112. The number of carbonyl (C=O) groups excluding carboxylic acids is 1. The Morgan fingerprint density at radius 2 is 1.81 bits per heavy atom. The minimum absolute atomic E-state index is 0.0376. The largest absolute Gasteiger partial charge is 0.507 e. The fraction of sp³-hybridized carbons (Fsp3) is 0.261. The highest BCUT2D eigenvalue weighted by molar-refractivity contribution is 6.01. The molecule has 27 heavy (non-hydrogen) atoms. The second-order valence-corrected chi connectivity index (χ2v) is 7.15. The molecular weight excluding hydrogens is 336 g/mol. The summed E-state index contributed by atoms with van der Waals surface area (Å²) in [6.07, 6.45) is 2.95. The Hall–Kier alpha value is -2.85. The average Bonchev–Trinajstić information content (AvgIpc) is 2.73. The molecule has 4 nitrogen and oxygen atoms in total. The molecule has 1 saturated heterocycles. The van der Waals surface area contributed by atoms with Crippen molar-refractivity contribution in [3.63, 3.8) is 0 Å². The molecule has 1 fully saturated rings. The molecule has 0 saturated carbocycles. The quantitative estimate of drug-likeness (QED) is 0.672. The Morgan fingerprint density at radius 3 is 2.56 bits per heavy atom. The highest BCUT2D eigenvalue weighted by atomic mass is 16.3. The van der Waals surface area contributed by atoms with Gasteiger partial charge in [0.25, 0.3) is 0 Å². The van der Waals surface area contributed by atoms with Gasteiger partial charge in [-0.05, 0) is 47.4 Å². The van der Waals surface area contributed by atoms with Gasteiger partial charge in [0.05, 0.1) is 5.56 Å². The van der Waals surface area contributed by atoms with Crippen molar-refractivity contribution in [2.75, 3.05) is 18.0 Å². The summed E-state index contributed by atoms with van der Waals surface area (Å²) >= 11 is 0. The Morgan fingerprint density at radius 1 is 1.04 bits per heavy atom. The van der Waals surface area contributed by atoms with Gasteiger partial charge in [-0.2, -0.15) is 0 Å². The van der Waals surface area contributed by atoms with E-state index in [0.717, 1.165) is 49.5 Å². The van der Waals surface area contributed by atoms with Crippen molar-refractivity contribution in [2.24, 2.45) is 0 Å². The van der Waals surface area contributed by atoms with E-state index in [4.69, 9.17) is 0 Å². The van der Waals surface area contributed by atoms with Crippen molar-refractivity contribution in [2.45, 2.75) is 25.4 Å². The van der Waals surface area contributed by atoms with Crippen molar-refractivity contribution >= 4 is 22.7 Å². The van der Waals surface area contributed by atoms with E-state index in [9.17, 15) is 9.90 Å². The molecule has 3 aromatic rings. The van der Waals surface area contributed by atoms with E-state index < -0.39 is 0 Å². The molecule has 1 heterocycles. The third-order valence-electron chi connectivity index (χ3n) is 5.44. The van der Waals surface area contributed by atoms with Crippen LogP contribution >= 0.6 is 0 Å². The summed E-state index contributed by atoms with van der Waals surface area (Å²) in [7, 11) is 0. The number of benzene rings is 3. The Kier molecular flexibility index (Phi) is 5.07. The standard InChI is InChI=1S/C23H24N2O2/c26-16-22-21-8-7-20(14-18(21)6-9-23(22)27)25-12-10-19(11-13-25)24-15-17-4-2-1-3-5-17/h1-9,14,16,19,24,27H,10-13,15H2. The van der Waals surface area contributed by atoms with Crippen molar-refractivity contribution in [1.29, 1.82) is 0 Å². The second-order valence-electron chi connectivity index (χ2n) is 7.15. The summed E-state index contributed by atoms with van der Waals surface area (Å²) in [5, 5.41) is 15.3. The molecule has 1 aliphatic rings. The molecule has 2 N–H and O–H groups in total. The normalized spacial score (nSPS) is 15.2. The lowest BCUT2D eigenvalue weighted by Crippen LogP contribution is -2.42. The van der Waals surface area contributed by atoms with Gasteiger partial charge in [0.1, 0.15) is 5.75 Å². The molecular formula is C23H24N2O2. The molecule has 0 aliphatic carbocycles. The fourth-order valence-corrected chi connectivity index (χ4v) is 3.85. The van der Waals surface area contributed by atoms with Gasteiger partial charge in [-0.1, -0.05) is 42.5 Å². The van der Waals surface area contributed by atoms with Gasteiger partial charge in [-0.15, -0.1) is 0 Å². The van der Waals surface area contributed by atoms with E-state index in [1.54, 1.807) is 6.07 Å². The zero-order chi connectivity index (χ0) is 18.6. The zero-order valence-electron chi connectivity index (χ0n) is 15.3. The van der Waals surface area contributed by atoms with Crippen LogP contribution in [0.2, 0.25) is 0 Å². The van der Waals surface area contributed by atoms with Crippen LogP contribution < -0.4 is 10.2 Å². The third kappa shape index (κ3) is 3.81.